The van der Waals surface area contributed by atoms with Crippen LogP contribution in [0.3, 0.4) is 0 Å². The minimum Gasteiger partial charge on any atom is -0.325 e. The Morgan fingerprint density at radius 3 is 2.58 bits per heavy atom. The second-order valence-corrected chi connectivity index (χ2v) is 8.68. The third-order valence-corrected chi connectivity index (χ3v) is 6.23. The van der Waals surface area contributed by atoms with Crippen molar-refractivity contribution in [1.29, 1.82) is 0 Å². The van der Waals surface area contributed by atoms with Crippen molar-refractivity contribution in [2.45, 2.75) is 51.1 Å². The van der Waals surface area contributed by atoms with Crippen molar-refractivity contribution in [2.24, 2.45) is 7.05 Å². The summed E-state index contributed by atoms with van der Waals surface area (Å²) < 4.78 is 5.38. The first kappa shape index (κ1) is 21.2. The molecule has 0 saturated carbocycles. The van der Waals surface area contributed by atoms with E-state index in [1.807, 2.05) is 13.2 Å². The average molecular weight is 439 g/mol. The van der Waals surface area contributed by atoms with Gasteiger partial charge >= 0.3 is 5.69 Å². The number of unbranched alkanes of at least 4 members (excludes halogenated alkanes) is 1. The maximum Gasteiger partial charge on any atom is 0.330 e. The second kappa shape index (κ2) is 8.58. The number of benzene rings is 1. The zero-order valence-electron chi connectivity index (χ0n) is 18.2. The topological polar surface area (TPSA) is 90.5 Å². The molecule has 1 N–H and O–H groups in total. The maximum absolute atomic E-state index is 12.4. The number of H-pyrrole nitrogens is 1. The van der Waals surface area contributed by atoms with Gasteiger partial charge in [-0.15, -0.1) is 0 Å². The van der Waals surface area contributed by atoms with E-state index in [4.69, 9.17) is 0 Å². The lowest BCUT2D eigenvalue weighted by Crippen LogP contribution is -2.31. The Morgan fingerprint density at radius 1 is 1.13 bits per heavy atom. The number of hydrogen-bond acceptors (Lipinski definition) is 5. The van der Waals surface area contributed by atoms with Crippen molar-refractivity contribution < 1.29 is 0 Å². The highest BCUT2D eigenvalue weighted by Crippen LogP contribution is 2.25. The van der Waals surface area contributed by atoms with Crippen LogP contribution in [0.15, 0.2) is 45.3 Å². The number of hydrogen-bond donors (Lipinski definition) is 1. The first-order chi connectivity index (χ1) is 14.9. The summed E-state index contributed by atoms with van der Waals surface area (Å²) in [5, 5.41) is 0.842. The van der Waals surface area contributed by atoms with Gasteiger partial charge in [0.1, 0.15) is 5.82 Å². The van der Waals surface area contributed by atoms with Gasteiger partial charge in [-0.25, -0.2) is 14.8 Å². The zero-order valence-corrected chi connectivity index (χ0v) is 19.0. The molecule has 0 fully saturated rings. The molecule has 4 rings (SSSR count). The van der Waals surface area contributed by atoms with Gasteiger partial charge in [-0.1, -0.05) is 31.2 Å². The van der Waals surface area contributed by atoms with E-state index >= 15 is 0 Å². The first-order valence-corrected chi connectivity index (χ1v) is 11.3. The molecule has 4 aromatic rings. The average Bonchev–Trinajstić information content (AvgIpc) is 3.30. The smallest absolute Gasteiger partial charge is 0.325 e. The number of aromatic amines is 1. The molecule has 3 heterocycles. The quantitative estimate of drug-likeness (QED) is 0.447. The molecule has 0 unspecified atom stereocenters. The molecule has 8 nitrogen and oxygen atoms in total. The van der Waals surface area contributed by atoms with Crippen LogP contribution in [0, 0.1) is 13.8 Å². The van der Waals surface area contributed by atoms with Gasteiger partial charge in [0, 0.05) is 31.7 Å². The van der Waals surface area contributed by atoms with Gasteiger partial charge < -0.3 is 4.57 Å². The summed E-state index contributed by atoms with van der Waals surface area (Å²) in [5.74, 6) is 1.24. The molecule has 1 aromatic carbocycles. The number of fused-ring (bicyclic) bond motifs is 1. The van der Waals surface area contributed by atoms with Crippen LogP contribution in [0.25, 0.3) is 16.9 Å². The van der Waals surface area contributed by atoms with Crippen LogP contribution in [-0.2, 0) is 19.3 Å². The van der Waals surface area contributed by atoms with Crippen molar-refractivity contribution >= 4 is 22.9 Å². The fourth-order valence-electron chi connectivity index (χ4n) is 3.76. The van der Waals surface area contributed by atoms with E-state index in [1.165, 1.54) is 11.1 Å². The Kier molecular flexibility index (Phi) is 5.86. The zero-order chi connectivity index (χ0) is 22.1. The Morgan fingerprint density at radius 2 is 1.87 bits per heavy atom. The molecule has 0 spiro atoms. The Bertz CT molecular complexity index is 1340. The van der Waals surface area contributed by atoms with E-state index in [2.05, 4.69) is 58.5 Å². The molecule has 162 valence electrons. The molecular weight excluding hydrogens is 412 g/mol. The van der Waals surface area contributed by atoms with Gasteiger partial charge in [0.2, 0.25) is 0 Å². The molecule has 3 aromatic heterocycles. The lowest BCUT2D eigenvalue weighted by Gasteiger charge is -2.09. The summed E-state index contributed by atoms with van der Waals surface area (Å²) in [5.41, 5.74) is 3.50. The van der Waals surface area contributed by atoms with Crippen LogP contribution in [0.4, 0.5) is 0 Å². The fourth-order valence-corrected chi connectivity index (χ4v) is 4.71. The number of imidazole rings is 2. The van der Waals surface area contributed by atoms with Crippen molar-refractivity contribution in [3.05, 3.63) is 68.4 Å². The van der Waals surface area contributed by atoms with Gasteiger partial charge in [-0.3, -0.25) is 18.9 Å². The molecule has 0 amide bonds. The highest BCUT2D eigenvalue weighted by Gasteiger charge is 2.17. The summed E-state index contributed by atoms with van der Waals surface area (Å²) in [6.45, 7) is 6.75. The van der Waals surface area contributed by atoms with Crippen LogP contribution in [0.5, 0.6) is 0 Å². The third kappa shape index (κ3) is 4.10. The number of nitrogens with one attached hydrogen (secondary N) is 1. The highest BCUT2D eigenvalue weighted by molar-refractivity contribution is 7.98. The molecular formula is C22H26N6O2S. The van der Waals surface area contributed by atoms with Crippen LogP contribution in [0.2, 0.25) is 0 Å². The molecule has 0 aliphatic rings. The molecule has 0 saturated heterocycles. The molecule has 0 bridgehead atoms. The fraction of sp³-hybridized carbons (Fsp3) is 0.364. The van der Waals surface area contributed by atoms with E-state index in [9.17, 15) is 9.59 Å². The molecule has 0 atom stereocenters. The van der Waals surface area contributed by atoms with E-state index in [-0.39, 0.29) is 0 Å². The first-order valence-electron chi connectivity index (χ1n) is 10.3. The highest BCUT2D eigenvalue weighted by atomic mass is 32.2. The summed E-state index contributed by atoms with van der Waals surface area (Å²) in [7, 11) is 1.81. The summed E-state index contributed by atoms with van der Waals surface area (Å²) in [4.78, 5) is 36.4. The summed E-state index contributed by atoms with van der Waals surface area (Å²) in [6.07, 6.45) is 5.51. The predicted molar refractivity (Wildman–Crippen MR) is 123 cm³/mol. The SMILES string of the molecule is CCCCn1c(=O)[nH]c(=O)c2c1nc(CSc1nccn1-c1cc(C)cc(C)c1)n2C. The van der Waals surface area contributed by atoms with Gasteiger partial charge in [0.25, 0.3) is 5.56 Å². The lowest BCUT2D eigenvalue weighted by molar-refractivity contribution is 0.613. The van der Waals surface area contributed by atoms with E-state index in [0.717, 1.165) is 29.5 Å². The second-order valence-electron chi connectivity index (χ2n) is 7.74. The normalized spacial score (nSPS) is 11.5. The summed E-state index contributed by atoms with van der Waals surface area (Å²) in [6, 6.07) is 6.39. The molecule has 31 heavy (non-hydrogen) atoms. The summed E-state index contributed by atoms with van der Waals surface area (Å²) >= 11 is 1.55. The van der Waals surface area contributed by atoms with Gasteiger partial charge in [0.15, 0.2) is 16.3 Å². The minimum absolute atomic E-state index is 0.407. The standard InChI is InChI=1S/C22H26N6O2S/c1-5-6-8-28-19-18(20(29)25-21(28)30)26(4)17(24-19)13-31-22-23-7-9-27(22)16-11-14(2)10-15(3)12-16/h7,9-12H,5-6,8,13H2,1-4H3,(H,25,29,30). The minimum atomic E-state index is -0.409. The van der Waals surface area contributed by atoms with Crippen LogP contribution in [0.1, 0.15) is 36.7 Å². The number of aromatic nitrogens is 6. The van der Waals surface area contributed by atoms with E-state index < -0.39 is 11.2 Å². The molecule has 9 heteroatoms. The Hall–Kier alpha value is -3.07. The van der Waals surface area contributed by atoms with E-state index in [1.54, 1.807) is 27.1 Å². The maximum atomic E-state index is 12.4. The Labute approximate surface area is 184 Å². The van der Waals surface area contributed by atoms with Crippen LogP contribution < -0.4 is 11.2 Å². The van der Waals surface area contributed by atoms with Crippen molar-refractivity contribution in [3.63, 3.8) is 0 Å². The predicted octanol–water partition coefficient (Wildman–Crippen LogP) is 3.32. The lowest BCUT2D eigenvalue weighted by atomic mass is 10.1. The largest absolute Gasteiger partial charge is 0.330 e. The van der Waals surface area contributed by atoms with Crippen molar-refractivity contribution in [1.82, 2.24) is 28.7 Å². The van der Waals surface area contributed by atoms with Crippen LogP contribution >= 0.6 is 11.8 Å². The van der Waals surface area contributed by atoms with Gasteiger partial charge in [-0.2, -0.15) is 0 Å². The Balaban J connectivity index is 1.67. The van der Waals surface area contributed by atoms with Gasteiger partial charge in [-0.05, 0) is 43.5 Å². The number of nitrogens with zero attached hydrogens (tertiary/aromatic N) is 5. The third-order valence-electron chi connectivity index (χ3n) is 5.26. The molecule has 0 aliphatic carbocycles. The number of rotatable bonds is 7. The monoisotopic (exact) mass is 438 g/mol. The molecule has 0 aliphatic heterocycles. The van der Waals surface area contributed by atoms with Gasteiger partial charge in [0.05, 0.1) is 5.75 Å². The number of aryl methyl sites for hydroxylation is 4. The van der Waals surface area contributed by atoms with E-state index in [0.29, 0.717) is 23.5 Å². The van der Waals surface area contributed by atoms with Crippen molar-refractivity contribution in [3.8, 4) is 5.69 Å². The van der Waals surface area contributed by atoms with Crippen molar-refractivity contribution in [2.75, 3.05) is 0 Å². The van der Waals surface area contributed by atoms with Crippen LogP contribution in [-0.4, -0.2) is 28.7 Å². The number of thioether (sulfide) groups is 1. The molecule has 0 radical (unpaired) electrons.